The van der Waals surface area contributed by atoms with E-state index >= 15 is 0 Å². The van der Waals surface area contributed by atoms with Crippen molar-refractivity contribution in [3.63, 3.8) is 0 Å². The Kier molecular flexibility index (Phi) is 2.99. The summed E-state index contributed by atoms with van der Waals surface area (Å²) in [6, 6.07) is 12.8. The number of carbonyl (C=O) groups is 1. The molecular formula is C16H12O4. The molecule has 0 saturated carbocycles. The number of fused-ring (bicyclic) bond motifs is 3. The average Bonchev–Trinajstić information content (AvgIpc) is 2.44. The van der Waals surface area contributed by atoms with Gasteiger partial charge in [0.2, 0.25) is 0 Å². The molecular weight excluding hydrogens is 256 g/mol. The first-order valence-corrected chi connectivity index (χ1v) is 6.31. The second-order valence-electron chi connectivity index (χ2n) is 4.65. The van der Waals surface area contributed by atoms with Crippen LogP contribution in [0.15, 0.2) is 51.7 Å². The maximum Gasteiger partial charge on any atom is 0.336 e. The molecule has 1 aromatic heterocycles. The lowest BCUT2D eigenvalue weighted by Crippen LogP contribution is -2.04. The molecule has 3 rings (SSSR count). The van der Waals surface area contributed by atoms with Gasteiger partial charge in [0.05, 0.1) is 0 Å². The molecule has 1 heterocycles. The van der Waals surface area contributed by atoms with Crippen molar-refractivity contribution in [2.75, 3.05) is 0 Å². The first kappa shape index (κ1) is 12.4. The average molecular weight is 268 g/mol. The van der Waals surface area contributed by atoms with E-state index in [1.54, 1.807) is 0 Å². The van der Waals surface area contributed by atoms with Crippen LogP contribution in [0, 0.1) is 0 Å². The highest BCUT2D eigenvalue weighted by atomic mass is 16.4. The molecule has 3 aromatic rings. The molecule has 0 atom stereocenters. The maximum atomic E-state index is 11.7. The van der Waals surface area contributed by atoms with Crippen LogP contribution >= 0.6 is 0 Å². The number of hydrogen-bond donors (Lipinski definition) is 1. The molecule has 20 heavy (non-hydrogen) atoms. The lowest BCUT2D eigenvalue weighted by atomic mass is 10.0. The van der Waals surface area contributed by atoms with Crippen molar-refractivity contribution in [1.29, 1.82) is 0 Å². The number of benzene rings is 2. The molecule has 4 heteroatoms. The Labute approximate surface area is 114 Å². The molecule has 4 nitrogen and oxygen atoms in total. The van der Waals surface area contributed by atoms with Gasteiger partial charge in [-0.3, -0.25) is 4.79 Å². The normalized spacial score (nSPS) is 11.0. The summed E-state index contributed by atoms with van der Waals surface area (Å²) in [5, 5.41) is 11.4. The zero-order chi connectivity index (χ0) is 14.1. The number of rotatable bonds is 3. The van der Waals surface area contributed by atoms with Crippen molar-refractivity contribution in [1.82, 2.24) is 0 Å². The second kappa shape index (κ2) is 4.81. The number of aliphatic carboxylic acids is 1. The van der Waals surface area contributed by atoms with Crippen LogP contribution in [0.3, 0.4) is 0 Å². The predicted octanol–water partition coefficient (Wildman–Crippen LogP) is 2.96. The summed E-state index contributed by atoms with van der Waals surface area (Å²) in [5.41, 5.74) is 0.787. The zero-order valence-corrected chi connectivity index (χ0v) is 10.6. The summed E-state index contributed by atoms with van der Waals surface area (Å²) in [6.07, 6.45) is 0.307. The van der Waals surface area contributed by atoms with Gasteiger partial charge in [0, 0.05) is 23.3 Å². The van der Waals surface area contributed by atoms with E-state index in [0.717, 1.165) is 16.2 Å². The molecule has 0 spiro atoms. The molecule has 0 aliphatic heterocycles. The van der Waals surface area contributed by atoms with E-state index in [9.17, 15) is 9.59 Å². The molecule has 0 bridgehead atoms. The molecule has 0 amide bonds. The van der Waals surface area contributed by atoms with Crippen molar-refractivity contribution >= 4 is 27.7 Å². The fourth-order valence-electron chi connectivity index (χ4n) is 2.40. The van der Waals surface area contributed by atoms with Crippen molar-refractivity contribution in [2.24, 2.45) is 0 Å². The summed E-state index contributed by atoms with van der Waals surface area (Å²) < 4.78 is 5.32. The Hall–Kier alpha value is -2.62. The molecule has 0 unspecified atom stereocenters. The highest BCUT2D eigenvalue weighted by Gasteiger charge is 2.10. The first-order chi connectivity index (χ1) is 9.65. The summed E-state index contributed by atoms with van der Waals surface area (Å²) in [5.74, 6) is -0.882. The highest BCUT2D eigenvalue weighted by Crippen LogP contribution is 2.26. The topological polar surface area (TPSA) is 67.5 Å². The van der Waals surface area contributed by atoms with Gasteiger partial charge in [0.15, 0.2) is 0 Å². The molecule has 100 valence electrons. The maximum absolute atomic E-state index is 11.7. The predicted molar refractivity (Wildman–Crippen MR) is 75.9 cm³/mol. The molecule has 0 aliphatic carbocycles. The number of hydrogen-bond acceptors (Lipinski definition) is 3. The molecule has 1 N–H and O–H groups in total. The van der Waals surface area contributed by atoms with Crippen LogP contribution in [0.25, 0.3) is 21.7 Å². The van der Waals surface area contributed by atoms with Gasteiger partial charge in [0.1, 0.15) is 5.58 Å². The van der Waals surface area contributed by atoms with E-state index in [0.29, 0.717) is 17.6 Å². The van der Waals surface area contributed by atoms with Gasteiger partial charge in [0.25, 0.3) is 0 Å². The second-order valence-corrected chi connectivity index (χ2v) is 4.65. The zero-order valence-electron chi connectivity index (χ0n) is 10.6. The third kappa shape index (κ3) is 2.16. The Bertz CT molecular complexity index is 861. The largest absolute Gasteiger partial charge is 0.481 e. The summed E-state index contributed by atoms with van der Waals surface area (Å²) in [4.78, 5) is 22.4. The van der Waals surface area contributed by atoms with Gasteiger partial charge in [-0.2, -0.15) is 0 Å². The molecule has 2 aromatic carbocycles. The third-order valence-corrected chi connectivity index (χ3v) is 3.33. The van der Waals surface area contributed by atoms with Crippen LogP contribution in [-0.2, 0) is 11.2 Å². The van der Waals surface area contributed by atoms with Gasteiger partial charge in [-0.25, -0.2) is 4.79 Å². The van der Waals surface area contributed by atoms with Crippen LogP contribution < -0.4 is 5.63 Å². The van der Waals surface area contributed by atoms with Gasteiger partial charge >= 0.3 is 11.6 Å². The highest BCUT2D eigenvalue weighted by molar-refractivity contribution is 6.04. The van der Waals surface area contributed by atoms with Crippen LogP contribution in [0.2, 0.25) is 0 Å². The molecule has 0 saturated heterocycles. The third-order valence-electron chi connectivity index (χ3n) is 3.33. The molecule has 0 aliphatic rings. The van der Waals surface area contributed by atoms with Gasteiger partial charge in [-0.1, -0.05) is 36.4 Å². The monoisotopic (exact) mass is 268 g/mol. The standard InChI is InChI=1S/C16H12O4/c17-14(18)8-6-11-9-15(19)20-16-12-4-2-1-3-10(12)5-7-13(11)16/h1-5,7,9H,6,8H2,(H,17,18). The van der Waals surface area contributed by atoms with Crippen LogP contribution in [0.1, 0.15) is 12.0 Å². The van der Waals surface area contributed by atoms with Crippen molar-refractivity contribution in [3.8, 4) is 0 Å². The lowest BCUT2D eigenvalue weighted by Gasteiger charge is -2.06. The minimum absolute atomic E-state index is 0.00855. The van der Waals surface area contributed by atoms with E-state index in [1.807, 2.05) is 36.4 Å². The van der Waals surface area contributed by atoms with E-state index in [4.69, 9.17) is 9.52 Å². The van der Waals surface area contributed by atoms with Gasteiger partial charge < -0.3 is 9.52 Å². The smallest absolute Gasteiger partial charge is 0.336 e. The minimum atomic E-state index is -0.882. The Balaban J connectivity index is 2.29. The first-order valence-electron chi connectivity index (χ1n) is 6.31. The number of aryl methyl sites for hydroxylation is 1. The van der Waals surface area contributed by atoms with E-state index < -0.39 is 11.6 Å². The minimum Gasteiger partial charge on any atom is -0.481 e. The fraction of sp³-hybridized carbons (Fsp3) is 0.125. The van der Waals surface area contributed by atoms with Crippen molar-refractivity contribution < 1.29 is 14.3 Å². The van der Waals surface area contributed by atoms with Crippen molar-refractivity contribution in [3.05, 3.63) is 58.4 Å². The Morgan fingerprint density at radius 1 is 1.10 bits per heavy atom. The van der Waals surface area contributed by atoms with E-state index in [1.165, 1.54) is 6.07 Å². The number of carboxylic acid groups (broad SMARTS) is 1. The van der Waals surface area contributed by atoms with Gasteiger partial charge in [-0.15, -0.1) is 0 Å². The van der Waals surface area contributed by atoms with Gasteiger partial charge in [-0.05, 0) is 17.4 Å². The van der Waals surface area contributed by atoms with Crippen molar-refractivity contribution in [2.45, 2.75) is 12.8 Å². The Morgan fingerprint density at radius 2 is 1.90 bits per heavy atom. The fourth-order valence-corrected chi connectivity index (χ4v) is 2.40. The lowest BCUT2D eigenvalue weighted by molar-refractivity contribution is -0.136. The van der Waals surface area contributed by atoms with Crippen LogP contribution in [0.5, 0.6) is 0 Å². The van der Waals surface area contributed by atoms with Crippen LogP contribution in [-0.4, -0.2) is 11.1 Å². The summed E-state index contributed by atoms with van der Waals surface area (Å²) in [7, 11) is 0. The summed E-state index contributed by atoms with van der Waals surface area (Å²) >= 11 is 0. The summed E-state index contributed by atoms with van der Waals surface area (Å²) in [6.45, 7) is 0. The molecule has 0 radical (unpaired) electrons. The van der Waals surface area contributed by atoms with E-state index in [-0.39, 0.29) is 6.42 Å². The quantitative estimate of drug-likeness (QED) is 0.585. The number of carboxylic acids is 1. The Morgan fingerprint density at radius 3 is 2.70 bits per heavy atom. The van der Waals surface area contributed by atoms with Crippen LogP contribution in [0.4, 0.5) is 0 Å². The SMILES string of the molecule is O=C(O)CCc1cc(=O)oc2c1ccc1ccccc12. The molecule has 0 fully saturated rings. The van der Waals surface area contributed by atoms with E-state index in [2.05, 4.69) is 0 Å².